The smallest absolute Gasteiger partial charge is 0.192 e. The SMILES string of the molecule is CCCCc1ccccc1S([O])(=O)=O. The first-order valence-electron chi connectivity index (χ1n) is 4.59. The average Bonchev–Trinajstić information content (AvgIpc) is 2.14. The van der Waals surface area contributed by atoms with Gasteiger partial charge in [-0.2, -0.15) is 8.42 Å². The quantitative estimate of drug-likeness (QED) is 0.769. The Labute approximate surface area is 84.5 Å². The van der Waals surface area contributed by atoms with E-state index in [1.54, 1.807) is 18.2 Å². The van der Waals surface area contributed by atoms with Crippen molar-refractivity contribution in [2.24, 2.45) is 0 Å². The summed E-state index contributed by atoms with van der Waals surface area (Å²) in [5.41, 5.74) is 0.629. The van der Waals surface area contributed by atoms with Gasteiger partial charge >= 0.3 is 10.1 Å². The summed E-state index contributed by atoms with van der Waals surface area (Å²) in [5.74, 6) is 0. The summed E-state index contributed by atoms with van der Waals surface area (Å²) >= 11 is 0. The van der Waals surface area contributed by atoms with Gasteiger partial charge in [-0.3, -0.25) is 0 Å². The number of unbranched alkanes of at least 4 members (excludes halogenated alkanes) is 1. The maximum atomic E-state index is 10.9. The molecule has 0 aliphatic carbocycles. The molecule has 0 heterocycles. The number of rotatable bonds is 4. The highest BCUT2D eigenvalue weighted by Crippen LogP contribution is 2.17. The van der Waals surface area contributed by atoms with Crippen LogP contribution in [0.25, 0.3) is 0 Å². The van der Waals surface area contributed by atoms with Crippen LogP contribution in [0.1, 0.15) is 25.3 Å². The fourth-order valence-electron chi connectivity index (χ4n) is 1.32. The molecule has 1 rings (SSSR count). The van der Waals surface area contributed by atoms with E-state index in [9.17, 15) is 13.0 Å². The van der Waals surface area contributed by atoms with Crippen molar-refractivity contribution in [3.05, 3.63) is 29.8 Å². The van der Waals surface area contributed by atoms with E-state index in [0.717, 1.165) is 12.8 Å². The van der Waals surface area contributed by atoms with E-state index < -0.39 is 10.1 Å². The minimum Gasteiger partial charge on any atom is -0.192 e. The molecule has 14 heavy (non-hydrogen) atoms. The summed E-state index contributed by atoms with van der Waals surface area (Å²) in [7, 11) is -4.31. The van der Waals surface area contributed by atoms with Crippen LogP contribution in [0, 0.1) is 0 Å². The lowest BCUT2D eigenvalue weighted by atomic mass is 10.1. The summed E-state index contributed by atoms with van der Waals surface area (Å²) in [6.45, 7) is 2.02. The third-order valence-corrected chi connectivity index (χ3v) is 2.98. The summed E-state index contributed by atoms with van der Waals surface area (Å²) in [6, 6.07) is 6.38. The Hall–Kier alpha value is -0.870. The zero-order chi connectivity index (χ0) is 10.6. The molecule has 1 radical (unpaired) electrons. The second kappa shape index (κ2) is 4.57. The molecule has 0 atom stereocenters. The molecule has 1 aromatic carbocycles. The van der Waals surface area contributed by atoms with Gasteiger partial charge in [-0.1, -0.05) is 36.1 Å². The van der Waals surface area contributed by atoms with E-state index in [1.165, 1.54) is 6.07 Å². The number of aryl methyl sites for hydroxylation is 1. The summed E-state index contributed by atoms with van der Waals surface area (Å²) in [4.78, 5) is -0.0755. The molecule has 0 amide bonds. The van der Waals surface area contributed by atoms with Gasteiger partial charge in [0, 0.05) is 0 Å². The van der Waals surface area contributed by atoms with E-state index in [-0.39, 0.29) is 4.90 Å². The van der Waals surface area contributed by atoms with Gasteiger partial charge in [-0.25, -0.2) is 0 Å². The fourth-order valence-corrected chi connectivity index (χ4v) is 2.06. The minimum atomic E-state index is -4.31. The van der Waals surface area contributed by atoms with Gasteiger partial charge in [0.15, 0.2) is 0 Å². The molecule has 3 nitrogen and oxygen atoms in total. The van der Waals surface area contributed by atoms with Crippen LogP contribution in [-0.2, 0) is 21.1 Å². The number of hydrogen-bond donors (Lipinski definition) is 0. The van der Waals surface area contributed by atoms with Crippen LogP contribution < -0.4 is 0 Å². The standard InChI is InChI=1S/C10H13O3S/c1-2-3-6-9-7-4-5-8-10(9)14(11,12)13/h4-5,7-8H,2-3,6H2,1H3. The van der Waals surface area contributed by atoms with Crippen LogP contribution in [0.2, 0.25) is 0 Å². The van der Waals surface area contributed by atoms with Crippen molar-refractivity contribution in [2.75, 3.05) is 0 Å². The Morgan fingerprint density at radius 3 is 2.43 bits per heavy atom. The van der Waals surface area contributed by atoms with E-state index in [0.29, 0.717) is 12.0 Å². The van der Waals surface area contributed by atoms with Crippen molar-refractivity contribution in [3.8, 4) is 0 Å². The zero-order valence-electron chi connectivity index (χ0n) is 8.06. The first-order valence-corrected chi connectivity index (χ1v) is 6.00. The second-order valence-electron chi connectivity index (χ2n) is 3.17. The third-order valence-electron chi connectivity index (χ3n) is 2.04. The van der Waals surface area contributed by atoms with Crippen LogP contribution in [0.4, 0.5) is 0 Å². The molecule has 0 N–H and O–H groups in total. The predicted molar refractivity (Wildman–Crippen MR) is 52.9 cm³/mol. The molecule has 77 valence electrons. The molecule has 0 saturated carbocycles. The molecule has 0 saturated heterocycles. The van der Waals surface area contributed by atoms with Gasteiger partial charge < -0.3 is 0 Å². The van der Waals surface area contributed by atoms with E-state index in [1.807, 2.05) is 6.92 Å². The van der Waals surface area contributed by atoms with Gasteiger partial charge in [0.25, 0.3) is 0 Å². The molecule has 0 spiro atoms. The molecule has 1 aromatic rings. The van der Waals surface area contributed by atoms with Gasteiger partial charge in [0.2, 0.25) is 0 Å². The molecule has 0 aromatic heterocycles. The van der Waals surface area contributed by atoms with Crippen LogP contribution >= 0.6 is 0 Å². The maximum absolute atomic E-state index is 10.9. The molecule has 0 aliphatic heterocycles. The van der Waals surface area contributed by atoms with E-state index >= 15 is 0 Å². The Balaban J connectivity index is 3.04. The largest absolute Gasteiger partial charge is 0.324 e. The zero-order valence-corrected chi connectivity index (χ0v) is 8.88. The lowest BCUT2D eigenvalue weighted by Crippen LogP contribution is -2.01. The highest BCUT2D eigenvalue weighted by molar-refractivity contribution is 7.85. The lowest BCUT2D eigenvalue weighted by molar-refractivity contribution is 0.413. The predicted octanol–water partition coefficient (Wildman–Crippen LogP) is 2.15. The van der Waals surface area contributed by atoms with Crippen molar-refractivity contribution < 1.29 is 13.0 Å². The van der Waals surface area contributed by atoms with Crippen LogP contribution in [0.15, 0.2) is 29.2 Å². The number of benzene rings is 1. The molecule has 0 fully saturated rings. The Bertz CT molecular complexity index is 396. The maximum Gasteiger partial charge on any atom is 0.324 e. The molecule has 0 unspecified atom stereocenters. The molecular weight excluding hydrogens is 200 g/mol. The number of hydrogen-bond acceptors (Lipinski definition) is 2. The summed E-state index contributed by atoms with van der Waals surface area (Å²) < 4.78 is 32.6. The fraction of sp³-hybridized carbons (Fsp3) is 0.400. The van der Waals surface area contributed by atoms with Gasteiger partial charge in [0.1, 0.15) is 0 Å². The van der Waals surface area contributed by atoms with Crippen molar-refractivity contribution in [1.29, 1.82) is 0 Å². The van der Waals surface area contributed by atoms with Crippen molar-refractivity contribution in [1.82, 2.24) is 0 Å². The lowest BCUT2D eigenvalue weighted by Gasteiger charge is -2.04. The van der Waals surface area contributed by atoms with Gasteiger partial charge in [-0.15, -0.1) is 0 Å². The highest BCUT2D eigenvalue weighted by atomic mass is 32.2. The van der Waals surface area contributed by atoms with Crippen molar-refractivity contribution in [3.63, 3.8) is 0 Å². The molecule has 0 bridgehead atoms. The normalized spacial score (nSPS) is 11.6. The Morgan fingerprint density at radius 1 is 1.21 bits per heavy atom. The van der Waals surface area contributed by atoms with E-state index in [4.69, 9.17) is 0 Å². The average molecular weight is 213 g/mol. The molecular formula is C10H13O3S. The topological polar surface area (TPSA) is 54.0 Å². The summed E-state index contributed by atoms with van der Waals surface area (Å²) in [6.07, 6.45) is 2.52. The Kier molecular flexibility index (Phi) is 3.66. The monoisotopic (exact) mass is 213 g/mol. The first kappa shape index (κ1) is 11.2. The van der Waals surface area contributed by atoms with Crippen molar-refractivity contribution in [2.45, 2.75) is 31.1 Å². The third kappa shape index (κ3) is 2.82. The molecule has 0 aliphatic rings. The highest BCUT2D eigenvalue weighted by Gasteiger charge is 2.15. The minimum absolute atomic E-state index is 0.0755. The van der Waals surface area contributed by atoms with Gasteiger partial charge in [-0.05, 0) is 24.5 Å². The van der Waals surface area contributed by atoms with Crippen LogP contribution in [-0.4, -0.2) is 8.42 Å². The Morgan fingerprint density at radius 2 is 1.86 bits per heavy atom. The second-order valence-corrected chi connectivity index (χ2v) is 4.51. The summed E-state index contributed by atoms with van der Waals surface area (Å²) in [5, 5.41) is 0. The van der Waals surface area contributed by atoms with Gasteiger partial charge in [0.05, 0.1) is 4.90 Å². The van der Waals surface area contributed by atoms with Crippen LogP contribution in [0.3, 0.4) is 0 Å². The van der Waals surface area contributed by atoms with Crippen molar-refractivity contribution >= 4 is 10.1 Å². The van der Waals surface area contributed by atoms with Crippen LogP contribution in [0.5, 0.6) is 0 Å². The molecule has 4 heteroatoms. The first-order chi connectivity index (χ1) is 6.55. The van der Waals surface area contributed by atoms with E-state index in [2.05, 4.69) is 0 Å².